The Kier molecular flexibility index (Phi) is 11.9. The van der Waals surface area contributed by atoms with Crippen molar-refractivity contribution in [2.24, 2.45) is 0 Å². The molecule has 0 saturated carbocycles. The number of nitrogens with one attached hydrogen (secondary N) is 1. The van der Waals surface area contributed by atoms with Gasteiger partial charge in [-0.2, -0.15) is 0 Å². The maximum atomic E-state index is 13.5. The third-order valence-corrected chi connectivity index (χ3v) is 6.31. The highest BCUT2D eigenvalue weighted by atomic mass is 19.1. The molecule has 6 nitrogen and oxygen atoms in total. The minimum absolute atomic E-state index is 0.265. The molecule has 1 N–H and O–H groups in total. The standard InChI is InChI=1S/C32H40FNO5/c1-5-8-18-39-31-22-30(23(7-3)21-27(31)24-14-16-25(33)17-15-24)38-20-10-19-37-29-13-9-12-28(26(29)11-6-2)34-32(35)36-4/h9,12-17,21-22H,5-8,10-11,18-20H2,1-4H3,(H,34,35). The number of rotatable bonds is 15. The van der Waals surface area contributed by atoms with Crippen molar-refractivity contribution < 1.29 is 28.1 Å². The molecule has 7 heteroatoms. The van der Waals surface area contributed by atoms with Crippen LogP contribution in [0.25, 0.3) is 11.1 Å². The molecule has 0 saturated heterocycles. The number of halogens is 1. The van der Waals surface area contributed by atoms with Crippen molar-refractivity contribution in [3.05, 3.63) is 71.5 Å². The molecular weight excluding hydrogens is 497 g/mol. The largest absolute Gasteiger partial charge is 0.493 e. The van der Waals surface area contributed by atoms with E-state index in [0.717, 1.165) is 71.6 Å². The summed E-state index contributed by atoms with van der Waals surface area (Å²) in [4.78, 5) is 11.7. The van der Waals surface area contributed by atoms with Crippen LogP contribution in [0.3, 0.4) is 0 Å². The van der Waals surface area contributed by atoms with E-state index in [1.807, 2.05) is 24.3 Å². The van der Waals surface area contributed by atoms with Crippen LogP contribution in [0, 0.1) is 5.82 Å². The summed E-state index contributed by atoms with van der Waals surface area (Å²) in [7, 11) is 1.34. The fourth-order valence-electron chi connectivity index (χ4n) is 4.23. The first-order valence-electron chi connectivity index (χ1n) is 13.8. The molecule has 3 aromatic carbocycles. The van der Waals surface area contributed by atoms with Crippen molar-refractivity contribution in [3.63, 3.8) is 0 Å². The van der Waals surface area contributed by atoms with Crippen LogP contribution >= 0.6 is 0 Å². The van der Waals surface area contributed by atoms with Gasteiger partial charge in [0.25, 0.3) is 0 Å². The van der Waals surface area contributed by atoms with Crippen LogP contribution < -0.4 is 19.5 Å². The van der Waals surface area contributed by atoms with Crippen LogP contribution in [0.1, 0.15) is 57.6 Å². The number of hydrogen-bond donors (Lipinski definition) is 1. The fourth-order valence-corrected chi connectivity index (χ4v) is 4.23. The summed E-state index contributed by atoms with van der Waals surface area (Å²) < 4.78 is 36.7. The van der Waals surface area contributed by atoms with E-state index in [9.17, 15) is 9.18 Å². The predicted molar refractivity (Wildman–Crippen MR) is 154 cm³/mol. The molecule has 0 atom stereocenters. The third kappa shape index (κ3) is 8.63. The van der Waals surface area contributed by atoms with Gasteiger partial charge in [-0.05, 0) is 60.7 Å². The molecule has 210 valence electrons. The third-order valence-electron chi connectivity index (χ3n) is 6.31. The number of carbonyl (C=O) groups is 1. The molecule has 3 aromatic rings. The van der Waals surface area contributed by atoms with E-state index < -0.39 is 6.09 Å². The lowest BCUT2D eigenvalue weighted by Gasteiger charge is -2.18. The molecule has 39 heavy (non-hydrogen) atoms. The second-order valence-electron chi connectivity index (χ2n) is 9.22. The Morgan fingerprint density at radius 2 is 1.51 bits per heavy atom. The van der Waals surface area contributed by atoms with Gasteiger partial charge in [-0.1, -0.05) is 51.8 Å². The molecular formula is C32H40FNO5. The van der Waals surface area contributed by atoms with Gasteiger partial charge in [-0.25, -0.2) is 9.18 Å². The van der Waals surface area contributed by atoms with Gasteiger partial charge in [-0.15, -0.1) is 0 Å². The first kappa shape index (κ1) is 29.8. The number of carbonyl (C=O) groups excluding carboxylic acids is 1. The molecule has 3 rings (SSSR count). The number of benzene rings is 3. The summed E-state index contributed by atoms with van der Waals surface area (Å²) in [5.41, 5.74) is 4.54. The first-order chi connectivity index (χ1) is 19.0. The second-order valence-corrected chi connectivity index (χ2v) is 9.22. The lowest BCUT2D eigenvalue weighted by atomic mass is 10.00. The van der Waals surface area contributed by atoms with Crippen molar-refractivity contribution in [1.29, 1.82) is 0 Å². The van der Waals surface area contributed by atoms with Gasteiger partial charge in [0.1, 0.15) is 23.1 Å². The molecule has 0 fully saturated rings. The summed E-state index contributed by atoms with van der Waals surface area (Å²) in [5.74, 6) is 2.00. The van der Waals surface area contributed by atoms with Crippen molar-refractivity contribution in [3.8, 4) is 28.4 Å². The zero-order valence-electron chi connectivity index (χ0n) is 23.5. The highest BCUT2D eigenvalue weighted by molar-refractivity contribution is 5.86. The Labute approximate surface area is 231 Å². The Balaban J connectivity index is 1.68. The number of anilines is 1. The molecule has 0 aliphatic carbocycles. The van der Waals surface area contributed by atoms with E-state index >= 15 is 0 Å². The van der Waals surface area contributed by atoms with E-state index in [1.165, 1.54) is 19.2 Å². The number of hydrogen-bond acceptors (Lipinski definition) is 5. The van der Waals surface area contributed by atoms with E-state index in [0.29, 0.717) is 31.9 Å². The zero-order valence-corrected chi connectivity index (χ0v) is 23.5. The van der Waals surface area contributed by atoms with Gasteiger partial charge in [0.2, 0.25) is 0 Å². The molecule has 0 heterocycles. The Morgan fingerprint density at radius 1 is 0.821 bits per heavy atom. The lowest BCUT2D eigenvalue weighted by Crippen LogP contribution is -2.13. The summed E-state index contributed by atoms with van der Waals surface area (Å²) in [6.45, 7) is 7.83. The molecule has 0 radical (unpaired) electrons. The average Bonchev–Trinajstić information content (AvgIpc) is 2.95. The smallest absolute Gasteiger partial charge is 0.411 e. The van der Waals surface area contributed by atoms with Gasteiger partial charge in [0, 0.05) is 23.6 Å². The molecule has 0 unspecified atom stereocenters. The highest BCUT2D eigenvalue weighted by Gasteiger charge is 2.15. The van der Waals surface area contributed by atoms with Crippen molar-refractivity contribution in [1.82, 2.24) is 0 Å². The van der Waals surface area contributed by atoms with Gasteiger partial charge >= 0.3 is 6.09 Å². The van der Waals surface area contributed by atoms with Crippen LogP contribution in [-0.2, 0) is 17.6 Å². The van der Waals surface area contributed by atoms with Crippen LogP contribution in [0.15, 0.2) is 54.6 Å². The van der Waals surface area contributed by atoms with Crippen LogP contribution in [0.4, 0.5) is 14.9 Å². The van der Waals surface area contributed by atoms with Gasteiger partial charge in [0.05, 0.1) is 32.6 Å². The normalized spacial score (nSPS) is 10.7. The topological polar surface area (TPSA) is 66.0 Å². The van der Waals surface area contributed by atoms with E-state index in [4.69, 9.17) is 18.9 Å². The number of unbranched alkanes of at least 4 members (excludes halogenated alkanes) is 1. The van der Waals surface area contributed by atoms with E-state index in [1.54, 1.807) is 12.1 Å². The predicted octanol–water partition coefficient (Wildman–Crippen LogP) is 8.21. The number of aryl methyl sites for hydroxylation is 1. The Hall–Kier alpha value is -3.74. The molecule has 0 aromatic heterocycles. The summed E-state index contributed by atoms with van der Waals surface area (Å²) in [5, 5.41) is 2.77. The first-order valence-corrected chi connectivity index (χ1v) is 13.8. The molecule has 0 aliphatic rings. The fraction of sp³-hybridized carbons (Fsp3) is 0.406. The van der Waals surface area contributed by atoms with Crippen molar-refractivity contribution in [2.45, 2.75) is 59.3 Å². The maximum Gasteiger partial charge on any atom is 0.411 e. The lowest BCUT2D eigenvalue weighted by molar-refractivity contribution is 0.187. The highest BCUT2D eigenvalue weighted by Crippen LogP contribution is 2.37. The maximum absolute atomic E-state index is 13.5. The Morgan fingerprint density at radius 3 is 2.18 bits per heavy atom. The minimum Gasteiger partial charge on any atom is -0.493 e. The van der Waals surface area contributed by atoms with Gasteiger partial charge in [-0.3, -0.25) is 5.32 Å². The SMILES string of the molecule is CCCCOc1cc(OCCCOc2cccc(NC(=O)OC)c2CCC)c(CC)cc1-c1ccc(F)cc1. The number of methoxy groups -OCH3 is 1. The molecule has 1 amide bonds. The zero-order chi connectivity index (χ0) is 28.0. The monoisotopic (exact) mass is 537 g/mol. The molecule has 0 bridgehead atoms. The summed E-state index contributed by atoms with van der Waals surface area (Å²) in [6, 6.07) is 16.1. The van der Waals surface area contributed by atoms with Crippen molar-refractivity contribution in [2.75, 3.05) is 32.2 Å². The second kappa shape index (κ2) is 15.6. The van der Waals surface area contributed by atoms with Crippen LogP contribution in [0.5, 0.6) is 17.2 Å². The molecule has 0 aliphatic heterocycles. The van der Waals surface area contributed by atoms with E-state index in [2.05, 4.69) is 32.2 Å². The Bertz CT molecular complexity index is 1200. The van der Waals surface area contributed by atoms with Crippen LogP contribution in [-0.4, -0.2) is 33.0 Å². The molecule has 0 spiro atoms. The van der Waals surface area contributed by atoms with Crippen molar-refractivity contribution >= 4 is 11.8 Å². The minimum atomic E-state index is -0.506. The van der Waals surface area contributed by atoms with E-state index in [-0.39, 0.29) is 5.82 Å². The van der Waals surface area contributed by atoms with Crippen LogP contribution in [0.2, 0.25) is 0 Å². The average molecular weight is 538 g/mol. The number of amides is 1. The summed E-state index contributed by atoms with van der Waals surface area (Å²) in [6.07, 6.45) is 4.62. The van der Waals surface area contributed by atoms with Gasteiger partial charge in [0.15, 0.2) is 0 Å². The number of ether oxygens (including phenoxy) is 4. The van der Waals surface area contributed by atoms with Gasteiger partial charge < -0.3 is 18.9 Å². The summed E-state index contributed by atoms with van der Waals surface area (Å²) >= 11 is 0. The quantitative estimate of drug-likeness (QED) is 0.198.